The fourth-order valence-corrected chi connectivity index (χ4v) is 1.63. The first-order valence-corrected chi connectivity index (χ1v) is 5.92. The Labute approximate surface area is 114 Å². The van der Waals surface area contributed by atoms with Crippen molar-refractivity contribution in [2.45, 2.75) is 32.3 Å². The Morgan fingerprint density at radius 3 is 2.37 bits per heavy atom. The molecule has 1 amide bonds. The second-order valence-electron chi connectivity index (χ2n) is 3.91. The molecule has 1 heterocycles. The first-order chi connectivity index (χ1) is 8.99. The molecule has 2 N–H and O–H groups in total. The van der Waals surface area contributed by atoms with Crippen LogP contribution >= 0.6 is 0 Å². The molecule has 1 fully saturated rings. The van der Waals surface area contributed by atoms with Gasteiger partial charge in [-0.1, -0.05) is 0 Å². The summed E-state index contributed by atoms with van der Waals surface area (Å²) in [6.07, 6.45) is 9.93. The fraction of sp³-hybridized carbons (Fsp3) is 0.692. The second kappa shape index (κ2) is 12.7. The molecule has 1 unspecified atom stereocenters. The molecule has 0 radical (unpaired) electrons. The summed E-state index contributed by atoms with van der Waals surface area (Å²) in [6, 6.07) is 0. The third-order valence-corrected chi connectivity index (χ3v) is 2.45. The van der Waals surface area contributed by atoms with E-state index in [0.717, 1.165) is 19.4 Å². The lowest BCUT2D eigenvalue weighted by molar-refractivity contribution is -0.139. The van der Waals surface area contributed by atoms with Gasteiger partial charge in [-0.15, -0.1) is 12.8 Å². The van der Waals surface area contributed by atoms with Crippen molar-refractivity contribution >= 4 is 12.1 Å². The van der Waals surface area contributed by atoms with Crippen molar-refractivity contribution in [3.63, 3.8) is 0 Å². The van der Waals surface area contributed by atoms with Crippen LogP contribution in [0.15, 0.2) is 0 Å². The van der Waals surface area contributed by atoms with Crippen molar-refractivity contribution in [3.05, 3.63) is 0 Å². The van der Waals surface area contributed by atoms with Gasteiger partial charge < -0.3 is 19.9 Å². The lowest BCUT2D eigenvalue weighted by Gasteiger charge is -2.25. The summed E-state index contributed by atoms with van der Waals surface area (Å²) in [5.74, 6) is -0.361. The zero-order valence-electron chi connectivity index (χ0n) is 11.7. The Morgan fingerprint density at radius 1 is 1.47 bits per heavy atom. The standard InChI is InChI=1S/C8H14O3.C3H7NO2.C2H2/c1-6-4-7(2-3-11-6)5-8(9)10;1-4-3(5)6-2;1-2/h6-7H,2-5H2,1H3,(H,9,10);1-2H3,(H,4,5);1-2H/t6-,7?;;/m1../s1. The van der Waals surface area contributed by atoms with E-state index in [9.17, 15) is 9.59 Å². The predicted octanol–water partition coefficient (Wildman–Crippen LogP) is 1.50. The molecular formula is C13H23NO5. The van der Waals surface area contributed by atoms with Gasteiger partial charge in [-0.2, -0.15) is 0 Å². The number of terminal acetylenes is 1. The number of nitrogens with one attached hydrogen (secondary N) is 1. The minimum Gasteiger partial charge on any atom is -0.481 e. The largest absolute Gasteiger partial charge is 0.481 e. The Balaban J connectivity index is 0. The van der Waals surface area contributed by atoms with Crippen LogP contribution in [0.25, 0.3) is 0 Å². The summed E-state index contributed by atoms with van der Waals surface area (Å²) in [7, 11) is 2.82. The van der Waals surface area contributed by atoms with E-state index in [-0.39, 0.29) is 6.10 Å². The molecule has 2 atom stereocenters. The van der Waals surface area contributed by atoms with Crippen LogP contribution in [0.1, 0.15) is 26.2 Å². The summed E-state index contributed by atoms with van der Waals surface area (Å²) in [5, 5.41) is 10.8. The maximum Gasteiger partial charge on any atom is 0.406 e. The zero-order chi connectivity index (χ0) is 15.3. The van der Waals surface area contributed by atoms with Crippen LogP contribution in [0.5, 0.6) is 0 Å². The van der Waals surface area contributed by atoms with Gasteiger partial charge in [-0.25, -0.2) is 4.79 Å². The van der Waals surface area contributed by atoms with Crippen molar-refractivity contribution in [1.29, 1.82) is 0 Å². The van der Waals surface area contributed by atoms with Gasteiger partial charge >= 0.3 is 12.1 Å². The van der Waals surface area contributed by atoms with E-state index in [1.165, 1.54) is 14.2 Å². The number of carboxylic acid groups (broad SMARTS) is 1. The molecule has 1 saturated heterocycles. The first-order valence-electron chi connectivity index (χ1n) is 5.92. The molecule has 1 rings (SSSR count). The number of carbonyl (C=O) groups is 2. The molecule has 1 aliphatic rings. The van der Waals surface area contributed by atoms with Gasteiger partial charge in [-0.3, -0.25) is 4.79 Å². The number of hydrogen-bond acceptors (Lipinski definition) is 4. The highest BCUT2D eigenvalue weighted by molar-refractivity contribution is 5.67. The highest BCUT2D eigenvalue weighted by Gasteiger charge is 2.21. The highest BCUT2D eigenvalue weighted by Crippen LogP contribution is 2.22. The molecule has 0 saturated carbocycles. The van der Waals surface area contributed by atoms with E-state index in [0.29, 0.717) is 12.3 Å². The van der Waals surface area contributed by atoms with Crippen LogP contribution in [0.3, 0.4) is 0 Å². The quantitative estimate of drug-likeness (QED) is 0.745. The minimum absolute atomic E-state index is 0.244. The van der Waals surface area contributed by atoms with Gasteiger partial charge in [0.15, 0.2) is 0 Å². The third-order valence-electron chi connectivity index (χ3n) is 2.45. The van der Waals surface area contributed by atoms with E-state index in [2.05, 4.69) is 22.9 Å². The molecule has 0 aromatic rings. The van der Waals surface area contributed by atoms with Crippen molar-refractivity contribution in [1.82, 2.24) is 5.32 Å². The molecule has 6 heteroatoms. The molecule has 0 aromatic heterocycles. The average molecular weight is 273 g/mol. The van der Waals surface area contributed by atoms with E-state index in [1.54, 1.807) is 0 Å². The van der Waals surface area contributed by atoms with E-state index < -0.39 is 12.1 Å². The summed E-state index contributed by atoms with van der Waals surface area (Å²) in [5.41, 5.74) is 0. The van der Waals surface area contributed by atoms with Gasteiger partial charge in [0.25, 0.3) is 0 Å². The van der Waals surface area contributed by atoms with Gasteiger partial charge in [0.1, 0.15) is 0 Å². The number of methoxy groups -OCH3 is 1. The molecular weight excluding hydrogens is 250 g/mol. The molecule has 0 bridgehead atoms. The van der Waals surface area contributed by atoms with Crippen LogP contribution in [0, 0.1) is 18.8 Å². The van der Waals surface area contributed by atoms with Crippen molar-refractivity contribution < 1.29 is 24.2 Å². The molecule has 19 heavy (non-hydrogen) atoms. The second-order valence-corrected chi connectivity index (χ2v) is 3.91. The topological polar surface area (TPSA) is 84.9 Å². The maximum atomic E-state index is 10.3. The van der Waals surface area contributed by atoms with Gasteiger partial charge in [0.05, 0.1) is 13.2 Å². The molecule has 0 aromatic carbocycles. The molecule has 0 aliphatic carbocycles. The average Bonchev–Trinajstić information content (AvgIpc) is 2.40. The number of hydrogen-bond donors (Lipinski definition) is 2. The Morgan fingerprint density at radius 2 is 2.05 bits per heavy atom. The number of carboxylic acids is 1. The minimum atomic E-state index is -0.691. The Hall–Kier alpha value is -1.74. The smallest absolute Gasteiger partial charge is 0.406 e. The van der Waals surface area contributed by atoms with Gasteiger partial charge in [0, 0.05) is 20.1 Å². The number of alkyl carbamates (subject to hydrolysis) is 1. The first kappa shape index (κ1) is 19.6. The lowest BCUT2D eigenvalue weighted by atomic mass is 9.93. The van der Waals surface area contributed by atoms with E-state index in [4.69, 9.17) is 9.84 Å². The normalized spacial score (nSPS) is 20.7. The number of amides is 1. The Bertz CT molecular complexity index is 271. The zero-order valence-corrected chi connectivity index (χ0v) is 11.7. The fourth-order valence-electron chi connectivity index (χ4n) is 1.63. The van der Waals surface area contributed by atoms with E-state index in [1.807, 2.05) is 6.92 Å². The summed E-state index contributed by atoms with van der Waals surface area (Å²) in [4.78, 5) is 20.2. The van der Waals surface area contributed by atoms with Crippen LogP contribution in [0.2, 0.25) is 0 Å². The SMILES string of the molecule is C#C.CNC(=O)OC.C[C@@H]1CC(CC(=O)O)CCO1. The van der Waals surface area contributed by atoms with Crippen LogP contribution < -0.4 is 5.32 Å². The van der Waals surface area contributed by atoms with Crippen molar-refractivity contribution in [3.8, 4) is 12.8 Å². The number of aliphatic carboxylic acids is 1. The van der Waals surface area contributed by atoms with Crippen LogP contribution in [0.4, 0.5) is 4.79 Å². The molecule has 0 spiro atoms. The van der Waals surface area contributed by atoms with Crippen LogP contribution in [-0.4, -0.2) is 44.0 Å². The van der Waals surface area contributed by atoms with Crippen molar-refractivity contribution in [2.75, 3.05) is 20.8 Å². The number of ether oxygens (including phenoxy) is 2. The van der Waals surface area contributed by atoms with E-state index >= 15 is 0 Å². The maximum absolute atomic E-state index is 10.3. The lowest BCUT2D eigenvalue weighted by Crippen LogP contribution is -2.24. The third kappa shape index (κ3) is 12.5. The summed E-state index contributed by atoms with van der Waals surface area (Å²) < 4.78 is 9.45. The number of carbonyl (C=O) groups excluding carboxylic acids is 1. The monoisotopic (exact) mass is 273 g/mol. The highest BCUT2D eigenvalue weighted by atomic mass is 16.5. The summed E-state index contributed by atoms with van der Waals surface area (Å²) >= 11 is 0. The predicted molar refractivity (Wildman–Crippen MR) is 71.7 cm³/mol. The van der Waals surface area contributed by atoms with Gasteiger partial charge in [-0.05, 0) is 25.7 Å². The molecule has 1 aliphatic heterocycles. The number of rotatable bonds is 2. The summed E-state index contributed by atoms with van der Waals surface area (Å²) in [6.45, 7) is 2.72. The van der Waals surface area contributed by atoms with Crippen molar-refractivity contribution in [2.24, 2.45) is 5.92 Å². The molecule has 6 nitrogen and oxygen atoms in total. The van der Waals surface area contributed by atoms with Crippen LogP contribution in [-0.2, 0) is 14.3 Å². The molecule has 110 valence electrons. The van der Waals surface area contributed by atoms with Gasteiger partial charge in [0.2, 0.25) is 0 Å². The Kier molecular flexibility index (Phi) is 13.1.